The minimum Gasteiger partial charge on any atom is -0.356 e. The van der Waals surface area contributed by atoms with Crippen molar-refractivity contribution in [3.8, 4) is 0 Å². The van der Waals surface area contributed by atoms with Gasteiger partial charge >= 0.3 is 0 Å². The average molecular weight is 377 g/mol. The highest BCUT2D eigenvalue weighted by Gasteiger charge is 2.01. The zero-order valence-electron chi connectivity index (χ0n) is 16.5. The van der Waals surface area contributed by atoms with Gasteiger partial charge in [-0.25, -0.2) is 0 Å². The Labute approximate surface area is 172 Å². The van der Waals surface area contributed by atoms with Crippen molar-refractivity contribution in [3.05, 3.63) is 109 Å². The van der Waals surface area contributed by atoms with Gasteiger partial charge in [0.1, 0.15) is 0 Å². The van der Waals surface area contributed by atoms with Gasteiger partial charge in [-0.2, -0.15) is 0 Å². The second-order valence-corrected chi connectivity index (χ2v) is 6.94. The first-order valence-electron chi connectivity index (χ1n) is 9.77. The first-order chi connectivity index (χ1) is 14.2. The fourth-order valence-electron chi connectivity index (χ4n) is 3.40. The molecule has 0 atom stereocenters. The van der Waals surface area contributed by atoms with Crippen molar-refractivity contribution in [1.29, 1.82) is 0 Å². The van der Waals surface area contributed by atoms with Crippen LogP contribution < -0.4 is 10.6 Å². The van der Waals surface area contributed by atoms with Gasteiger partial charge in [0.15, 0.2) is 0 Å². The Bertz CT molecular complexity index is 1170. The van der Waals surface area contributed by atoms with E-state index in [0.717, 1.165) is 33.9 Å². The summed E-state index contributed by atoms with van der Waals surface area (Å²) in [6, 6.07) is 29.4. The van der Waals surface area contributed by atoms with E-state index in [-0.39, 0.29) is 0 Å². The molecule has 2 heteroatoms. The van der Waals surface area contributed by atoms with E-state index in [9.17, 15) is 0 Å². The van der Waals surface area contributed by atoms with Crippen LogP contribution in [-0.4, -0.2) is 0 Å². The number of nitrogens with one attached hydrogen (secondary N) is 2. The van der Waals surface area contributed by atoms with Gasteiger partial charge in [0.2, 0.25) is 0 Å². The molecule has 0 aliphatic rings. The number of hydrogen-bond acceptors (Lipinski definition) is 2. The van der Waals surface area contributed by atoms with Crippen LogP contribution in [0.15, 0.2) is 97.6 Å². The van der Waals surface area contributed by atoms with Gasteiger partial charge in [0.05, 0.1) is 0 Å². The number of fused-ring (bicyclic) bond motifs is 1. The minimum atomic E-state index is 1.05. The first-order valence-corrected chi connectivity index (χ1v) is 9.77. The Morgan fingerprint density at radius 1 is 0.621 bits per heavy atom. The minimum absolute atomic E-state index is 1.05. The molecule has 0 amide bonds. The van der Waals surface area contributed by atoms with Gasteiger partial charge in [0, 0.05) is 22.7 Å². The van der Waals surface area contributed by atoms with E-state index in [1.165, 1.54) is 10.8 Å². The maximum Gasteiger partial charge on any atom is 0.0390 e. The second-order valence-electron chi connectivity index (χ2n) is 6.94. The lowest BCUT2D eigenvalue weighted by Crippen LogP contribution is -1.94. The quantitative estimate of drug-likeness (QED) is 0.356. The molecular weight excluding hydrogens is 352 g/mol. The molecular formula is C27H24N2. The third-order valence-corrected chi connectivity index (χ3v) is 4.86. The molecule has 0 saturated heterocycles. The highest BCUT2D eigenvalue weighted by atomic mass is 14.9. The summed E-state index contributed by atoms with van der Waals surface area (Å²) in [6.07, 6.45) is 6.02. The number of hydrogen-bond donors (Lipinski definition) is 2. The van der Waals surface area contributed by atoms with Crippen molar-refractivity contribution in [2.45, 2.75) is 6.92 Å². The van der Waals surface area contributed by atoms with Crippen LogP contribution in [0.4, 0.5) is 22.7 Å². The molecule has 0 aliphatic carbocycles. The van der Waals surface area contributed by atoms with Gasteiger partial charge in [-0.1, -0.05) is 61.2 Å². The normalized spacial score (nSPS) is 10.9. The summed E-state index contributed by atoms with van der Waals surface area (Å²) in [6.45, 7) is 5.91. The van der Waals surface area contributed by atoms with Crippen molar-refractivity contribution < 1.29 is 0 Å². The predicted octanol–water partition coefficient (Wildman–Crippen LogP) is 8.00. The summed E-state index contributed by atoms with van der Waals surface area (Å²) in [4.78, 5) is 0. The number of anilines is 4. The Hall–Kier alpha value is -3.78. The molecule has 0 saturated carbocycles. The van der Waals surface area contributed by atoms with Crippen molar-refractivity contribution in [2.75, 3.05) is 10.6 Å². The molecule has 0 fully saturated rings. The molecule has 142 valence electrons. The topological polar surface area (TPSA) is 24.1 Å². The zero-order chi connectivity index (χ0) is 20.1. The summed E-state index contributed by atoms with van der Waals surface area (Å²) in [5.41, 5.74) is 6.53. The smallest absolute Gasteiger partial charge is 0.0390 e. The maximum absolute atomic E-state index is 3.89. The lowest BCUT2D eigenvalue weighted by molar-refractivity contribution is 1.51. The fraction of sp³-hybridized carbons (Fsp3) is 0.0370. The van der Waals surface area contributed by atoms with E-state index in [2.05, 4.69) is 108 Å². The number of benzene rings is 4. The predicted molar refractivity (Wildman–Crippen MR) is 128 cm³/mol. The van der Waals surface area contributed by atoms with Crippen LogP contribution >= 0.6 is 0 Å². The van der Waals surface area contributed by atoms with Gasteiger partial charge in [-0.3, -0.25) is 0 Å². The van der Waals surface area contributed by atoms with Crippen molar-refractivity contribution in [3.63, 3.8) is 0 Å². The molecule has 2 nitrogen and oxygen atoms in total. The Morgan fingerprint density at radius 2 is 1.21 bits per heavy atom. The monoisotopic (exact) mass is 376 g/mol. The van der Waals surface area contributed by atoms with Gasteiger partial charge in [-0.15, -0.1) is 0 Å². The van der Waals surface area contributed by atoms with Crippen LogP contribution in [0.25, 0.3) is 22.9 Å². The van der Waals surface area contributed by atoms with E-state index in [0.29, 0.717) is 0 Å². The van der Waals surface area contributed by atoms with Crippen molar-refractivity contribution in [2.24, 2.45) is 0 Å². The van der Waals surface area contributed by atoms with Crippen molar-refractivity contribution >= 4 is 45.7 Å². The van der Waals surface area contributed by atoms with Crippen LogP contribution in [0.1, 0.15) is 18.1 Å². The van der Waals surface area contributed by atoms with Crippen LogP contribution in [0, 0.1) is 0 Å². The molecule has 0 heterocycles. The zero-order valence-corrected chi connectivity index (χ0v) is 16.5. The highest BCUT2D eigenvalue weighted by Crippen LogP contribution is 2.26. The van der Waals surface area contributed by atoms with Crippen LogP contribution in [-0.2, 0) is 0 Å². The Morgan fingerprint density at radius 3 is 1.86 bits per heavy atom. The average Bonchev–Trinajstić information content (AvgIpc) is 2.76. The standard InChI is InChI=1S/C27H24N2/c1-3-7-22-18-26(12-10-20(22)4-2)28-24-14-16-25(17-15-24)29-27-13-11-21-8-5-6-9-23(21)19-27/h3-19,28-29H,2H2,1H3/b7-3-. The van der Waals surface area contributed by atoms with Gasteiger partial charge < -0.3 is 10.6 Å². The van der Waals surface area contributed by atoms with E-state index in [4.69, 9.17) is 0 Å². The molecule has 2 N–H and O–H groups in total. The van der Waals surface area contributed by atoms with Gasteiger partial charge in [0.25, 0.3) is 0 Å². The Balaban J connectivity index is 1.49. The lowest BCUT2D eigenvalue weighted by Gasteiger charge is -2.11. The maximum atomic E-state index is 3.89. The summed E-state index contributed by atoms with van der Waals surface area (Å²) in [5, 5.41) is 9.43. The molecule has 0 aliphatic heterocycles. The largest absolute Gasteiger partial charge is 0.356 e. The SMILES string of the molecule is C=Cc1ccc(Nc2ccc(Nc3ccc4ccccc4c3)cc2)cc1/C=C\C. The van der Waals surface area contributed by atoms with Crippen LogP contribution in [0.5, 0.6) is 0 Å². The fourth-order valence-corrected chi connectivity index (χ4v) is 3.40. The summed E-state index contributed by atoms with van der Waals surface area (Å²) >= 11 is 0. The lowest BCUT2D eigenvalue weighted by atomic mass is 10.1. The van der Waals surface area contributed by atoms with E-state index in [1.54, 1.807) is 0 Å². The van der Waals surface area contributed by atoms with E-state index < -0.39 is 0 Å². The number of rotatable bonds is 6. The second kappa shape index (κ2) is 8.49. The van der Waals surface area contributed by atoms with Crippen molar-refractivity contribution in [1.82, 2.24) is 0 Å². The van der Waals surface area contributed by atoms with E-state index >= 15 is 0 Å². The Kier molecular flexibility index (Phi) is 5.44. The van der Waals surface area contributed by atoms with Crippen LogP contribution in [0.2, 0.25) is 0 Å². The summed E-state index contributed by atoms with van der Waals surface area (Å²) in [5.74, 6) is 0. The van der Waals surface area contributed by atoms with E-state index in [1.807, 2.05) is 19.1 Å². The van der Waals surface area contributed by atoms with Gasteiger partial charge in [-0.05, 0) is 77.4 Å². The molecule has 0 spiro atoms. The molecule has 0 unspecified atom stereocenters. The molecule has 0 aromatic heterocycles. The highest BCUT2D eigenvalue weighted by molar-refractivity contribution is 5.86. The number of allylic oxidation sites excluding steroid dienone is 1. The molecule has 4 aromatic rings. The molecule has 4 rings (SSSR count). The third-order valence-electron chi connectivity index (χ3n) is 4.86. The third kappa shape index (κ3) is 4.39. The first kappa shape index (κ1) is 18.6. The molecule has 0 bridgehead atoms. The summed E-state index contributed by atoms with van der Waals surface area (Å²) in [7, 11) is 0. The summed E-state index contributed by atoms with van der Waals surface area (Å²) < 4.78 is 0. The van der Waals surface area contributed by atoms with Crippen LogP contribution in [0.3, 0.4) is 0 Å². The molecule has 0 radical (unpaired) electrons. The molecule has 4 aromatic carbocycles. The molecule has 29 heavy (non-hydrogen) atoms.